The quantitative estimate of drug-likeness (QED) is 0.152. The van der Waals surface area contributed by atoms with Crippen LogP contribution in [0.1, 0.15) is 43.2 Å². The number of carboxylic acids is 1. The fourth-order valence-electron chi connectivity index (χ4n) is 7.24. The fraction of sp³-hybridized carbons (Fsp3) is 0.615. The van der Waals surface area contributed by atoms with Crippen molar-refractivity contribution < 1.29 is 68.0 Å². The number of hydrogen-bond donors (Lipinski definition) is 5. The normalized spacial score (nSPS) is 26.3. The first-order chi connectivity index (χ1) is 27.3. The van der Waals surface area contributed by atoms with Crippen LogP contribution in [-0.2, 0) is 36.8 Å². The molecule has 0 spiro atoms. The standard InChI is InChI=1S/C39H56N4O14/c1-41(38(49)54-22-24-10-11-28(26(40)19-24)56-37-34(46)32(44)33(45)35(57-37)36(47)48)16-17-42(2)39(50)55-25-13-15-43(21-25)27-7-5-6-8-29(27)53-18-14-23-9-12-30(51-3)31(20-23)52-4/h9-12,19-20,25,27,29,32-35,37,44-46H,5-8,13-18,21-22,40H2,1-4H3,(H,47,48)/t25-,27-,29-,32?,33?,34?,35?,37?/m1/s1. The maximum absolute atomic E-state index is 13.0. The lowest BCUT2D eigenvalue weighted by atomic mass is 9.91. The van der Waals surface area contributed by atoms with E-state index < -0.39 is 48.9 Å². The fourth-order valence-corrected chi connectivity index (χ4v) is 7.24. The van der Waals surface area contributed by atoms with Gasteiger partial charge in [0.1, 0.15) is 36.8 Å². The first-order valence-electron chi connectivity index (χ1n) is 19.1. The molecule has 2 aromatic rings. The van der Waals surface area contributed by atoms with Crippen LogP contribution in [0.25, 0.3) is 0 Å². The minimum atomic E-state index is -1.86. The van der Waals surface area contributed by atoms with Gasteiger partial charge in [0.15, 0.2) is 17.6 Å². The van der Waals surface area contributed by atoms with Gasteiger partial charge in [0.05, 0.1) is 32.6 Å². The van der Waals surface area contributed by atoms with Crippen LogP contribution in [0.4, 0.5) is 15.3 Å². The molecule has 316 valence electrons. The summed E-state index contributed by atoms with van der Waals surface area (Å²) in [6.45, 7) is 2.29. The van der Waals surface area contributed by atoms with Crippen molar-refractivity contribution in [1.82, 2.24) is 14.7 Å². The number of hydrogen-bond acceptors (Lipinski definition) is 15. The van der Waals surface area contributed by atoms with Crippen LogP contribution in [0.2, 0.25) is 0 Å². The molecule has 1 saturated carbocycles. The lowest BCUT2D eigenvalue weighted by Crippen LogP contribution is -2.61. The molecule has 2 amide bonds. The molecule has 0 bridgehead atoms. The zero-order valence-corrected chi connectivity index (χ0v) is 32.9. The molecule has 18 heteroatoms. The van der Waals surface area contributed by atoms with Gasteiger partial charge in [-0.2, -0.15) is 0 Å². The van der Waals surface area contributed by atoms with Crippen molar-refractivity contribution in [2.24, 2.45) is 0 Å². The predicted molar refractivity (Wildman–Crippen MR) is 203 cm³/mol. The number of carbonyl (C=O) groups is 3. The number of rotatable bonds is 16. The summed E-state index contributed by atoms with van der Waals surface area (Å²) in [5.41, 5.74) is 7.74. The van der Waals surface area contributed by atoms with Gasteiger partial charge in [0, 0.05) is 46.3 Å². The van der Waals surface area contributed by atoms with Crippen molar-refractivity contribution in [1.29, 1.82) is 0 Å². The molecule has 0 aromatic heterocycles. The Kier molecular flexibility index (Phi) is 15.4. The minimum absolute atomic E-state index is 0.00464. The Hall–Kier alpha value is -4.59. The molecule has 18 nitrogen and oxygen atoms in total. The Morgan fingerprint density at radius 3 is 2.25 bits per heavy atom. The van der Waals surface area contributed by atoms with Gasteiger partial charge in [-0.15, -0.1) is 0 Å². The average molecular weight is 805 g/mol. The second-order valence-corrected chi connectivity index (χ2v) is 14.6. The molecule has 8 atom stereocenters. The third-order valence-corrected chi connectivity index (χ3v) is 10.6. The highest BCUT2D eigenvalue weighted by Crippen LogP contribution is 2.32. The van der Waals surface area contributed by atoms with Gasteiger partial charge in [-0.3, -0.25) is 4.90 Å². The molecule has 6 N–H and O–H groups in total. The van der Waals surface area contributed by atoms with Gasteiger partial charge in [-0.1, -0.05) is 25.0 Å². The number of amides is 2. The lowest BCUT2D eigenvalue weighted by Gasteiger charge is -2.38. The molecule has 2 aliphatic heterocycles. The summed E-state index contributed by atoms with van der Waals surface area (Å²) in [4.78, 5) is 42.2. The van der Waals surface area contributed by atoms with Crippen LogP contribution in [0, 0.1) is 0 Å². The number of aliphatic hydroxyl groups excluding tert-OH is 3. The van der Waals surface area contributed by atoms with Crippen LogP contribution >= 0.6 is 0 Å². The summed E-state index contributed by atoms with van der Waals surface area (Å²) in [6, 6.07) is 10.6. The molecule has 5 rings (SSSR count). The second kappa shape index (κ2) is 20.2. The first-order valence-corrected chi connectivity index (χ1v) is 19.1. The number of methoxy groups -OCH3 is 2. The SMILES string of the molecule is COc1ccc(CCO[C@@H]2CCCC[C@H]2N2CC[C@@H](OC(=O)N(C)CCN(C)C(=O)OCc3ccc(OC4OC(C(=O)O)C(O)C(O)C4O)c(N)c3)C2)cc1OC. The lowest BCUT2D eigenvalue weighted by molar-refractivity contribution is -0.271. The highest BCUT2D eigenvalue weighted by molar-refractivity contribution is 5.73. The molecule has 2 aromatic carbocycles. The van der Waals surface area contributed by atoms with E-state index in [9.17, 15) is 34.8 Å². The summed E-state index contributed by atoms with van der Waals surface area (Å²) in [5.74, 6) is -0.152. The molecule has 3 fully saturated rings. The van der Waals surface area contributed by atoms with Gasteiger partial charge in [-0.05, 0) is 61.1 Å². The maximum atomic E-state index is 13.0. The van der Waals surface area contributed by atoms with Crippen LogP contribution in [0.15, 0.2) is 36.4 Å². The zero-order valence-electron chi connectivity index (χ0n) is 32.9. The topological polar surface area (TPSA) is 232 Å². The minimum Gasteiger partial charge on any atom is -0.493 e. The summed E-state index contributed by atoms with van der Waals surface area (Å²) >= 11 is 0. The number of benzene rings is 2. The third-order valence-electron chi connectivity index (χ3n) is 10.6. The van der Waals surface area contributed by atoms with E-state index in [1.807, 2.05) is 18.2 Å². The number of carbonyl (C=O) groups excluding carboxylic acids is 2. The molecule has 3 aliphatic rings. The third kappa shape index (κ3) is 11.3. The van der Waals surface area contributed by atoms with E-state index in [0.29, 0.717) is 30.2 Å². The largest absolute Gasteiger partial charge is 0.493 e. The second-order valence-electron chi connectivity index (χ2n) is 14.6. The smallest absolute Gasteiger partial charge is 0.409 e. The van der Waals surface area contributed by atoms with E-state index in [2.05, 4.69) is 4.90 Å². The number of anilines is 1. The van der Waals surface area contributed by atoms with Crippen LogP contribution in [0.5, 0.6) is 17.2 Å². The van der Waals surface area contributed by atoms with Gasteiger partial charge >= 0.3 is 18.2 Å². The maximum Gasteiger partial charge on any atom is 0.409 e. The molecule has 2 saturated heterocycles. The van der Waals surface area contributed by atoms with E-state index in [0.717, 1.165) is 50.6 Å². The summed E-state index contributed by atoms with van der Waals surface area (Å²) in [7, 11) is 6.40. The van der Waals surface area contributed by atoms with E-state index in [1.54, 1.807) is 28.3 Å². The molecule has 1 aliphatic carbocycles. The number of ether oxygens (including phenoxy) is 7. The Morgan fingerprint density at radius 2 is 1.54 bits per heavy atom. The van der Waals surface area contributed by atoms with Crippen molar-refractivity contribution in [3.63, 3.8) is 0 Å². The van der Waals surface area contributed by atoms with Gasteiger partial charge in [0.25, 0.3) is 0 Å². The van der Waals surface area contributed by atoms with Gasteiger partial charge in [-0.25, -0.2) is 14.4 Å². The number of carboxylic acid groups (broad SMARTS) is 1. The predicted octanol–water partition coefficient (Wildman–Crippen LogP) is 1.84. The molecular formula is C39H56N4O14. The highest BCUT2D eigenvalue weighted by atomic mass is 16.7. The zero-order chi connectivity index (χ0) is 41.2. The van der Waals surface area contributed by atoms with Crippen molar-refractivity contribution >= 4 is 23.8 Å². The average Bonchev–Trinajstić information content (AvgIpc) is 3.67. The van der Waals surface area contributed by atoms with Crippen LogP contribution in [0.3, 0.4) is 0 Å². The molecule has 5 unspecified atom stereocenters. The molecule has 57 heavy (non-hydrogen) atoms. The van der Waals surface area contributed by atoms with Crippen LogP contribution in [-0.4, -0.2) is 163 Å². The van der Waals surface area contributed by atoms with Gasteiger partial charge in [0.2, 0.25) is 6.29 Å². The van der Waals surface area contributed by atoms with Crippen LogP contribution < -0.4 is 19.9 Å². The molecule has 2 heterocycles. The van der Waals surface area contributed by atoms with Crippen molar-refractivity contribution in [3.05, 3.63) is 47.5 Å². The number of nitrogen functional groups attached to an aromatic ring is 1. The van der Waals surface area contributed by atoms with E-state index in [1.165, 1.54) is 28.0 Å². The monoisotopic (exact) mass is 804 g/mol. The summed E-state index contributed by atoms with van der Waals surface area (Å²) in [6.07, 6.45) is -4.39. The number of aliphatic carboxylic acids is 1. The van der Waals surface area contributed by atoms with Crippen molar-refractivity contribution in [2.45, 2.75) is 94.1 Å². The Labute approximate surface area is 331 Å². The number of nitrogens with zero attached hydrogens (tertiary/aromatic N) is 3. The number of nitrogens with two attached hydrogens (primary N) is 1. The first kappa shape index (κ1) is 43.5. The molecule has 0 radical (unpaired) electrons. The van der Waals surface area contributed by atoms with Gasteiger partial charge < -0.3 is 69.1 Å². The Balaban J connectivity index is 1.01. The number of likely N-dealkylation sites (N-methyl/N-ethyl adjacent to an activating group) is 2. The van der Waals surface area contributed by atoms with Crippen molar-refractivity contribution in [2.75, 3.05) is 66.8 Å². The van der Waals surface area contributed by atoms with E-state index >= 15 is 0 Å². The van der Waals surface area contributed by atoms with E-state index in [-0.39, 0.29) is 49.4 Å². The Bertz CT molecular complexity index is 1670. The molecular weight excluding hydrogens is 748 g/mol. The van der Waals surface area contributed by atoms with E-state index in [4.69, 9.17) is 38.9 Å². The summed E-state index contributed by atoms with van der Waals surface area (Å²) in [5, 5.41) is 39.4. The van der Waals surface area contributed by atoms with Crippen molar-refractivity contribution in [3.8, 4) is 17.2 Å². The number of aliphatic hydroxyl groups is 3. The Morgan fingerprint density at radius 1 is 0.860 bits per heavy atom. The summed E-state index contributed by atoms with van der Waals surface area (Å²) < 4.78 is 39.1. The number of likely N-dealkylation sites (tertiary alicyclic amines) is 1. The highest BCUT2D eigenvalue weighted by Gasteiger charge is 2.48.